The molecule has 0 bridgehead atoms. The number of nitrogens with zero attached hydrogens (tertiary/aromatic N) is 2. The summed E-state index contributed by atoms with van der Waals surface area (Å²) in [7, 11) is 0. The fourth-order valence-electron chi connectivity index (χ4n) is 4.73. The zero-order valence-corrected chi connectivity index (χ0v) is 19.7. The van der Waals surface area contributed by atoms with Crippen molar-refractivity contribution >= 4 is 23.2 Å². The van der Waals surface area contributed by atoms with Crippen molar-refractivity contribution in [2.45, 2.75) is 29.5 Å². The molecule has 168 valence electrons. The third kappa shape index (κ3) is 5.07. The number of likely N-dealkylation sites (tertiary alicyclic amines) is 1. The van der Waals surface area contributed by atoms with Gasteiger partial charge in [0.05, 0.1) is 5.56 Å². The maximum atomic E-state index is 13.6. The molecule has 3 nitrogen and oxygen atoms in total. The van der Waals surface area contributed by atoms with E-state index in [1.165, 1.54) is 36.0 Å². The summed E-state index contributed by atoms with van der Waals surface area (Å²) >= 11 is 1.78. The van der Waals surface area contributed by atoms with E-state index in [2.05, 4.69) is 70.5 Å². The van der Waals surface area contributed by atoms with Gasteiger partial charge in [-0.15, -0.1) is 0 Å². The number of hydrogen-bond donors (Lipinski definition) is 0. The Balaban J connectivity index is 1.51. The van der Waals surface area contributed by atoms with Crippen molar-refractivity contribution in [2.24, 2.45) is 0 Å². The molecule has 3 aromatic carbocycles. The predicted molar refractivity (Wildman–Crippen MR) is 137 cm³/mol. The minimum absolute atomic E-state index is 0.0485. The van der Waals surface area contributed by atoms with Gasteiger partial charge in [0, 0.05) is 18.0 Å². The van der Waals surface area contributed by atoms with Crippen molar-refractivity contribution in [1.29, 1.82) is 0 Å². The fourth-order valence-corrected chi connectivity index (χ4v) is 5.96. The van der Waals surface area contributed by atoms with Gasteiger partial charge >= 0.3 is 0 Å². The normalized spacial score (nSPS) is 18.6. The van der Waals surface area contributed by atoms with Gasteiger partial charge in [0.2, 0.25) is 0 Å². The Morgan fingerprint density at radius 3 is 2.06 bits per heavy atom. The van der Waals surface area contributed by atoms with E-state index in [0.29, 0.717) is 0 Å². The average molecular weight is 455 g/mol. The highest BCUT2D eigenvalue weighted by atomic mass is 32.2. The summed E-state index contributed by atoms with van der Waals surface area (Å²) in [5.74, 6) is 0.142. The van der Waals surface area contributed by atoms with Crippen LogP contribution in [0.1, 0.15) is 40.7 Å². The largest absolute Gasteiger partial charge is 0.321 e. The average Bonchev–Trinajstić information content (AvgIpc) is 2.88. The summed E-state index contributed by atoms with van der Waals surface area (Å²) in [5.41, 5.74) is 4.34. The fraction of sp³-hybridized carbons (Fsp3) is 0.276. The first-order chi connectivity index (χ1) is 16.3. The Labute approximate surface area is 201 Å². The van der Waals surface area contributed by atoms with Crippen molar-refractivity contribution < 1.29 is 4.79 Å². The Morgan fingerprint density at radius 1 is 0.788 bits per heavy atom. The molecule has 33 heavy (non-hydrogen) atoms. The van der Waals surface area contributed by atoms with Crippen LogP contribution >= 0.6 is 11.8 Å². The molecule has 0 saturated carbocycles. The molecule has 5 rings (SSSR count). The second-order valence-electron chi connectivity index (χ2n) is 8.72. The number of benzene rings is 3. The highest BCUT2D eigenvalue weighted by Gasteiger charge is 2.32. The van der Waals surface area contributed by atoms with Crippen LogP contribution in [0.25, 0.3) is 5.57 Å². The number of hydrogen-bond acceptors (Lipinski definition) is 3. The van der Waals surface area contributed by atoms with Crippen LogP contribution in [-0.4, -0.2) is 47.3 Å². The van der Waals surface area contributed by atoms with Gasteiger partial charge in [-0.05, 0) is 60.8 Å². The van der Waals surface area contributed by atoms with E-state index in [9.17, 15) is 4.79 Å². The zero-order valence-electron chi connectivity index (χ0n) is 18.9. The summed E-state index contributed by atoms with van der Waals surface area (Å²) in [6.45, 7) is 3.97. The van der Waals surface area contributed by atoms with Gasteiger partial charge in [-0.2, -0.15) is 0 Å². The second-order valence-corrected chi connectivity index (χ2v) is 9.88. The Hall–Kier alpha value is -2.82. The maximum absolute atomic E-state index is 13.6. The minimum atomic E-state index is -0.0485. The molecular formula is C29H30N2OS. The lowest BCUT2D eigenvalue weighted by molar-refractivity contribution is 0.0722. The van der Waals surface area contributed by atoms with Gasteiger partial charge in [0.25, 0.3) is 5.91 Å². The van der Waals surface area contributed by atoms with E-state index in [1.807, 2.05) is 30.3 Å². The summed E-state index contributed by atoms with van der Waals surface area (Å²) < 4.78 is 0. The van der Waals surface area contributed by atoms with E-state index in [1.54, 1.807) is 11.8 Å². The van der Waals surface area contributed by atoms with Gasteiger partial charge in [-0.25, -0.2) is 0 Å². The van der Waals surface area contributed by atoms with Crippen molar-refractivity contribution in [3.63, 3.8) is 0 Å². The number of amides is 1. The lowest BCUT2D eigenvalue weighted by Gasteiger charge is -2.37. The van der Waals surface area contributed by atoms with E-state index in [4.69, 9.17) is 0 Å². The molecule has 3 aromatic rings. The Kier molecular flexibility index (Phi) is 6.94. The predicted octanol–water partition coefficient (Wildman–Crippen LogP) is 6.18. The molecule has 1 fully saturated rings. The SMILES string of the molecule is O=C1c2ccccc2SC(C=C(c2ccccc2)c2ccccc2)N1CCN1CCCCC1. The standard InChI is InChI=1S/C29H30N2OS/c32-29-25-16-8-9-17-27(25)33-28(31(29)21-20-30-18-10-3-11-19-30)22-26(23-12-4-1-5-13-23)24-14-6-2-7-15-24/h1-2,4-9,12-17,22,28H,3,10-11,18-21H2. The van der Waals surface area contributed by atoms with E-state index in [-0.39, 0.29) is 11.3 Å². The van der Waals surface area contributed by atoms with E-state index < -0.39 is 0 Å². The molecule has 1 saturated heterocycles. The quantitative estimate of drug-likeness (QED) is 0.444. The van der Waals surface area contributed by atoms with Gasteiger partial charge in [-0.3, -0.25) is 4.79 Å². The molecule has 0 aliphatic carbocycles. The van der Waals surface area contributed by atoms with Crippen LogP contribution in [0.15, 0.2) is 95.9 Å². The van der Waals surface area contributed by atoms with Crippen LogP contribution in [0.2, 0.25) is 0 Å². The van der Waals surface area contributed by atoms with Gasteiger partial charge in [0.1, 0.15) is 5.37 Å². The molecule has 0 aromatic heterocycles. The van der Waals surface area contributed by atoms with Crippen molar-refractivity contribution in [1.82, 2.24) is 9.80 Å². The summed E-state index contributed by atoms with van der Waals surface area (Å²) in [5, 5.41) is -0.0485. The van der Waals surface area contributed by atoms with Crippen LogP contribution in [0.4, 0.5) is 0 Å². The topological polar surface area (TPSA) is 23.6 Å². The summed E-state index contributed by atoms with van der Waals surface area (Å²) in [6.07, 6.45) is 6.15. The third-order valence-electron chi connectivity index (χ3n) is 6.52. The number of piperidine rings is 1. The number of carbonyl (C=O) groups excluding carboxylic acids is 1. The van der Waals surface area contributed by atoms with Crippen LogP contribution in [-0.2, 0) is 0 Å². The van der Waals surface area contributed by atoms with Gasteiger partial charge in [0.15, 0.2) is 0 Å². The number of thioether (sulfide) groups is 1. The number of fused-ring (bicyclic) bond motifs is 1. The highest BCUT2D eigenvalue weighted by molar-refractivity contribution is 8.00. The Morgan fingerprint density at radius 2 is 1.39 bits per heavy atom. The van der Waals surface area contributed by atoms with Crippen LogP contribution in [0, 0.1) is 0 Å². The lowest BCUT2D eigenvalue weighted by Crippen LogP contribution is -2.45. The molecule has 0 radical (unpaired) electrons. The highest BCUT2D eigenvalue weighted by Crippen LogP contribution is 2.38. The van der Waals surface area contributed by atoms with Crippen LogP contribution < -0.4 is 0 Å². The van der Waals surface area contributed by atoms with E-state index >= 15 is 0 Å². The molecule has 4 heteroatoms. The number of rotatable bonds is 6. The second kappa shape index (κ2) is 10.4. The van der Waals surface area contributed by atoms with Gasteiger partial charge < -0.3 is 9.80 Å². The number of carbonyl (C=O) groups is 1. The molecule has 2 aliphatic rings. The third-order valence-corrected chi connectivity index (χ3v) is 7.76. The van der Waals surface area contributed by atoms with E-state index in [0.717, 1.165) is 36.6 Å². The molecule has 0 N–H and O–H groups in total. The Bertz CT molecular complexity index is 1070. The van der Waals surface area contributed by atoms with Crippen LogP contribution in [0.3, 0.4) is 0 Å². The molecule has 1 atom stereocenters. The zero-order chi connectivity index (χ0) is 22.5. The van der Waals surface area contributed by atoms with Crippen LogP contribution in [0.5, 0.6) is 0 Å². The van der Waals surface area contributed by atoms with Crippen molar-refractivity contribution in [3.05, 3.63) is 108 Å². The monoisotopic (exact) mass is 454 g/mol. The van der Waals surface area contributed by atoms with Crippen molar-refractivity contribution in [2.75, 3.05) is 26.2 Å². The first-order valence-corrected chi connectivity index (χ1v) is 12.8. The molecule has 0 spiro atoms. The molecular weight excluding hydrogens is 424 g/mol. The smallest absolute Gasteiger partial charge is 0.256 e. The molecule has 2 heterocycles. The first-order valence-electron chi connectivity index (χ1n) is 11.9. The lowest BCUT2D eigenvalue weighted by atomic mass is 9.97. The summed E-state index contributed by atoms with van der Waals surface area (Å²) in [4.78, 5) is 19.3. The molecule has 1 unspecified atom stereocenters. The minimum Gasteiger partial charge on any atom is -0.321 e. The van der Waals surface area contributed by atoms with Gasteiger partial charge in [-0.1, -0.05) is 91.0 Å². The first kappa shape index (κ1) is 22.0. The maximum Gasteiger partial charge on any atom is 0.256 e. The molecule has 2 aliphatic heterocycles. The summed E-state index contributed by atoms with van der Waals surface area (Å²) in [6, 6.07) is 29.1. The molecule has 1 amide bonds. The van der Waals surface area contributed by atoms with Crippen molar-refractivity contribution in [3.8, 4) is 0 Å².